The standard InChI is InChI=1S/C6H8N6O/c1-3-11(9-7-1)5-13-6-12-4-2-8-10-12/h1-4H,5-6H2. The number of aromatic nitrogens is 6. The summed E-state index contributed by atoms with van der Waals surface area (Å²) in [6, 6.07) is 0. The molecule has 0 radical (unpaired) electrons. The Morgan fingerprint density at radius 1 is 0.923 bits per heavy atom. The summed E-state index contributed by atoms with van der Waals surface area (Å²) < 4.78 is 8.40. The van der Waals surface area contributed by atoms with Crippen LogP contribution in [0.3, 0.4) is 0 Å². The molecule has 0 saturated heterocycles. The van der Waals surface area contributed by atoms with Crippen LogP contribution >= 0.6 is 0 Å². The molecule has 2 aromatic heterocycles. The van der Waals surface area contributed by atoms with E-state index in [4.69, 9.17) is 4.74 Å². The summed E-state index contributed by atoms with van der Waals surface area (Å²) in [5, 5.41) is 14.7. The maximum absolute atomic E-state index is 5.24. The van der Waals surface area contributed by atoms with Crippen molar-refractivity contribution in [2.75, 3.05) is 0 Å². The second kappa shape index (κ2) is 3.76. The topological polar surface area (TPSA) is 70.7 Å². The molecule has 2 rings (SSSR count). The molecule has 68 valence electrons. The van der Waals surface area contributed by atoms with Crippen LogP contribution in [0.5, 0.6) is 0 Å². The van der Waals surface area contributed by atoms with Gasteiger partial charge in [0.2, 0.25) is 0 Å². The van der Waals surface area contributed by atoms with E-state index >= 15 is 0 Å². The van der Waals surface area contributed by atoms with Gasteiger partial charge in [0.1, 0.15) is 13.5 Å². The van der Waals surface area contributed by atoms with Crippen LogP contribution in [0.15, 0.2) is 24.8 Å². The van der Waals surface area contributed by atoms with Crippen molar-refractivity contribution in [3.8, 4) is 0 Å². The SMILES string of the molecule is c1cn(COCn2ccnn2)nn1. The maximum atomic E-state index is 5.24. The average Bonchev–Trinajstić information content (AvgIpc) is 2.75. The Hall–Kier alpha value is -1.76. The van der Waals surface area contributed by atoms with E-state index in [0.717, 1.165) is 0 Å². The Morgan fingerprint density at radius 2 is 1.46 bits per heavy atom. The van der Waals surface area contributed by atoms with Crippen LogP contribution in [-0.2, 0) is 18.2 Å². The molecule has 0 aromatic carbocycles. The van der Waals surface area contributed by atoms with Gasteiger partial charge in [-0.3, -0.25) is 0 Å². The Labute approximate surface area is 73.9 Å². The first-order valence-corrected chi connectivity index (χ1v) is 3.71. The second-order valence-corrected chi connectivity index (χ2v) is 2.35. The molecule has 0 amide bonds. The van der Waals surface area contributed by atoms with Gasteiger partial charge in [0.15, 0.2) is 0 Å². The van der Waals surface area contributed by atoms with E-state index < -0.39 is 0 Å². The van der Waals surface area contributed by atoms with E-state index in [-0.39, 0.29) is 0 Å². The van der Waals surface area contributed by atoms with Crippen molar-refractivity contribution in [2.45, 2.75) is 13.5 Å². The molecule has 0 aliphatic heterocycles. The van der Waals surface area contributed by atoms with Crippen molar-refractivity contribution in [3.63, 3.8) is 0 Å². The Morgan fingerprint density at radius 3 is 1.85 bits per heavy atom. The van der Waals surface area contributed by atoms with E-state index in [9.17, 15) is 0 Å². The molecule has 0 saturated carbocycles. The molecule has 2 aromatic rings. The number of rotatable bonds is 4. The smallest absolute Gasteiger partial charge is 0.143 e. The Bertz CT molecular complexity index is 294. The van der Waals surface area contributed by atoms with Gasteiger partial charge in [-0.25, -0.2) is 9.36 Å². The van der Waals surface area contributed by atoms with Crippen molar-refractivity contribution in [3.05, 3.63) is 24.8 Å². The zero-order valence-corrected chi connectivity index (χ0v) is 6.82. The molecule has 7 heteroatoms. The zero-order chi connectivity index (χ0) is 8.93. The predicted molar refractivity (Wildman–Crippen MR) is 41.1 cm³/mol. The summed E-state index contributed by atoms with van der Waals surface area (Å²) in [7, 11) is 0. The summed E-state index contributed by atoms with van der Waals surface area (Å²) in [6.45, 7) is 0.722. The lowest BCUT2D eigenvalue weighted by molar-refractivity contribution is 0.0129. The average molecular weight is 180 g/mol. The molecule has 7 nitrogen and oxygen atoms in total. The molecule has 13 heavy (non-hydrogen) atoms. The zero-order valence-electron chi connectivity index (χ0n) is 6.82. The molecule has 0 N–H and O–H groups in total. The summed E-state index contributed by atoms with van der Waals surface area (Å²) in [6.07, 6.45) is 6.64. The van der Waals surface area contributed by atoms with Crippen LogP contribution in [0.25, 0.3) is 0 Å². The first kappa shape index (κ1) is 7.87. The van der Waals surface area contributed by atoms with Gasteiger partial charge in [-0.15, -0.1) is 10.2 Å². The molecule has 0 aliphatic rings. The van der Waals surface area contributed by atoms with Crippen LogP contribution in [0.4, 0.5) is 0 Å². The fourth-order valence-electron chi connectivity index (χ4n) is 0.831. The van der Waals surface area contributed by atoms with Crippen molar-refractivity contribution in [1.29, 1.82) is 0 Å². The van der Waals surface area contributed by atoms with Gasteiger partial charge < -0.3 is 4.74 Å². The molecule has 0 unspecified atom stereocenters. The number of nitrogens with zero attached hydrogens (tertiary/aromatic N) is 6. The van der Waals surface area contributed by atoms with Crippen molar-refractivity contribution < 1.29 is 4.74 Å². The molecule has 0 spiro atoms. The van der Waals surface area contributed by atoms with Crippen LogP contribution in [0, 0.1) is 0 Å². The highest BCUT2D eigenvalue weighted by Gasteiger charge is 1.92. The van der Waals surface area contributed by atoms with Crippen LogP contribution in [0.2, 0.25) is 0 Å². The number of hydrogen-bond donors (Lipinski definition) is 0. The highest BCUT2D eigenvalue weighted by Crippen LogP contribution is 1.87. The van der Waals surface area contributed by atoms with Gasteiger partial charge in [-0.05, 0) is 0 Å². The van der Waals surface area contributed by atoms with Crippen molar-refractivity contribution in [2.24, 2.45) is 0 Å². The highest BCUT2D eigenvalue weighted by molar-refractivity contribution is 4.62. The van der Waals surface area contributed by atoms with Crippen molar-refractivity contribution >= 4 is 0 Å². The van der Waals surface area contributed by atoms with E-state index in [1.807, 2.05) is 0 Å². The third-order valence-electron chi connectivity index (χ3n) is 1.39. The van der Waals surface area contributed by atoms with Gasteiger partial charge in [-0.2, -0.15) is 0 Å². The quantitative estimate of drug-likeness (QED) is 0.634. The molecule has 0 fully saturated rings. The Kier molecular flexibility index (Phi) is 2.28. The molecule has 2 heterocycles. The van der Waals surface area contributed by atoms with E-state index in [1.165, 1.54) is 0 Å². The van der Waals surface area contributed by atoms with Crippen LogP contribution in [-0.4, -0.2) is 30.0 Å². The Balaban J connectivity index is 1.76. The molecular formula is C6H8N6O. The predicted octanol–water partition coefficient (Wildman–Crippen LogP) is -0.499. The van der Waals surface area contributed by atoms with Gasteiger partial charge in [0.25, 0.3) is 0 Å². The first-order chi connectivity index (χ1) is 6.45. The molecule has 0 aliphatic carbocycles. The van der Waals surface area contributed by atoms with E-state index in [2.05, 4.69) is 20.6 Å². The minimum absolute atomic E-state index is 0.361. The fourth-order valence-corrected chi connectivity index (χ4v) is 0.831. The minimum atomic E-state index is 0.361. The summed E-state index contributed by atoms with van der Waals surface area (Å²) in [4.78, 5) is 0. The minimum Gasteiger partial charge on any atom is -0.337 e. The first-order valence-electron chi connectivity index (χ1n) is 3.71. The third kappa shape index (κ3) is 2.09. The van der Waals surface area contributed by atoms with Gasteiger partial charge in [-0.1, -0.05) is 10.4 Å². The normalized spacial score (nSPS) is 10.5. The summed E-state index contributed by atoms with van der Waals surface area (Å²) in [5.74, 6) is 0. The second-order valence-electron chi connectivity index (χ2n) is 2.35. The van der Waals surface area contributed by atoms with Gasteiger partial charge >= 0.3 is 0 Å². The van der Waals surface area contributed by atoms with Crippen LogP contribution in [0.1, 0.15) is 0 Å². The monoisotopic (exact) mass is 180 g/mol. The summed E-state index contributed by atoms with van der Waals surface area (Å²) in [5.41, 5.74) is 0. The number of ether oxygens (including phenoxy) is 1. The van der Waals surface area contributed by atoms with Crippen LogP contribution < -0.4 is 0 Å². The van der Waals surface area contributed by atoms with E-state index in [1.54, 1.807) is 34.2 Å². The fraction of sp³-hybridized carbons (Fsp3) is 0.333. The van der Waals surface area contributed by atoms with Gasteiger partial charge in [0, 0.05) is 12.4 Å². The summed E-state index contributed by atoms with van der Waals surface area (Å²) >= 11 is 0. The van der Waals surface area contributed by atoms with Gasteiger partial charge in [0.05, 0.1) is 12.4 Å². The molecular weight excluding hydrogens is 172 g/mol. The lowest BCUT2D eigenvalue weighted by Crippen LogP contribution is -2.08. The maximum Gasteiger partial charge on any atom is 0.143 e. The lowest BCUT2D eigenvalue weighted by Gasteiger charge is -2.01. The number of hydrogen-bond acceptors (Lipinski definition) is 5. The molecule has 0 bridgehead atoms. The largest absolute Gasteiger partial charge is 0.337 e. The third-order valence-corrected chi connectivity index (χ3v) is 1.39. The van der Waals surface area contributed by atoms with Crippen molar-refractivity contribution in [1.82, 2.24) is 30.0 Å². The molecule has 0 atom stereocenters. The highest BCUT2D eigenvalue weighted by atomic mass is 16.5. The van der Waals surface area contributed by atoms with E-state index in [0.29, 0.717) is 13.5 Å². The lowest BCUT2D eigenvalue weighted by atomic mass is 10.9.